The number of fused-ring (bicyclic) bond motifs is 1. The topological polar surface area (TPSA) is 46.4 Å². The van der Waals surface area contributed by atoms with Gasteiger partial charge in [0.05, 0.1) is 15.5 Å². The van der Waals surface area contributed by atoms with Crippen LogP contribution in [0.4, 0.5) is 5.69 Å². The zero-order valence-electron chi connectivity index (χ0n) is 13.4. The normalized spacial score (nSPS) is 16.6. The summed E-state index contributed by atoms with van der Waals surface area (Å²) < 4.78 is 0. The minimum absolute atomic E-state index is 0.0748. The summed E-state index contributed by atoms with van der Waals surface area (Å²) in [7, 11) is 0. The van der Waals surface area contributed by atoms with E-state index in [0.29, 0.717) is 10.6 Å². The van der Waals surface area contributed by atoms with Crippen LogP contribution in [0.5, 0.6) is 0 Å². The van der Waals surface area contributed by atoms with Gasteiger partial charge in [0.15, 0.2) is 0 Å². The van der Waals surface area contributed by atoms with E-state index in [4.69, 9.17) is 11.6 Å². The van der Waals surface area contributed by atoms with Crippen LogP contribution < -0.4 is 4.90 Å². The van der Waals surface area contributed by atoms with Crippen molar-refractivity contribution in [1.29, 1.82) is 0 Å². The van der Waals surface area contributed by atoms with E-state index in [1.807, 2.05) is 12.1 Å². The summed E-state index contributed by atoms with van der Waals surface area (Å²) in [6.45, 7) is 9.52. The van der Waals surface area contributed by atoms with Crippen LogP contribution in [0.3, 0.4) is 0 Å². The number of allylic oxidation sites excluding steroid dienone is 1. The van der Waals surface area contributed by atoms with Crippen LogP contribution in [0.25, 0.3) is 11.6 Å². The zero-order valence-corrected chi connectivity index (χ0v) is 14.1. The third-order valence-corrected chi connectivity index (χ3v) is 4.25. The van der Waals surface area contributed by atoms with E-state index in [1.54, 1.807) is 0 Å². The van der Waals surface area contributed by atoms with Crippen molar-refractivity contribution >= 4 is 28.9 Å². The van der Waals surface area contributed by atoms with Crippen LogP contribution >= 0.6 is 11.6 Å². The molecule has 2 rings (SSSR count). The monoisotopic (exact) mass is 320 g/mol. The van der Waals surface area contributed by atoms with Gasteiger partial charge in [0.2, 0.25) is 6.20 Å². The molecule has 5 heteroatoms. The molecule has 1 aromatic carbocycles. The fourth-order valence-corrected chi connectivity index (χ4v) is 3.24. The van der Waals surface area contributed by atoms with Crippen molar-refractivity contribution in [1.82, 2.24) is 0 Å². The Hall–Kier alpha value is -1.81. The predicted molar refractivity (Wildman–Crippen MR) is 92.8 cm³/mol. The second-order valence-electron chi connectivity index (χ2n) is 6.12. The molecule has 0 saturated carbocycles. The lowest BCUT2D eigenvalue weighted by Crippen LogP contribution is -2.45. The molecular formula is C17H21ClN2O2. The van der Waals surface area contributed by atoms with Gasteiger partial charge in [0.1, 0.15) is 0 Å². The number of nitrogens with zero attached hydrogens (tertiary/aromatic N) is 2. The number of anilines is 1. The molecule has 0 bridgehead atoms. The van der Waals surface area contributed by atoms with Gasteiger partial charge in [-0.15, -0.1) is 0 Å². The maximum atomic E-state index is 10.5. The Morgan fingerprint density at radius 3 is 2.68 bits per heavy atom. The highest BCUT2D eigenvalue weighted by molar-refractivity contribution is 6.32. The van der Waals surface area contributed by atoms with E-state index in [0.717, 1.165) is 30.4 Å². The maximum Gasteiger partial charge on any atom is 0.235 e. The number of hydrogen-bond donors (Lipinski definition) is 0. The zero-order chi connectivity index (χ0) is 16.5. The van der Waals surface area contributed by atoms with Gasteiger partial charge in [-0.1, -0.05) is 24.6 Å². The molecule has 118 valence electrons. The second-order valence-corrected chi connectivity index (χ2v) is 6.53. The summed E-state index contributed by atoms with van der Waals surface area (Å²) in [5, 5.41) is 11.0. The number of hydrogen-bond acceptors (Lipinski definition) is 3. The summed E-state index contributed by atoms with van der Waals surface area (Å²) >= 11 is 6.33. The molecule has 0 spiro atoms. The highest BCUT2D eigenvalue weighted by atomic mass is 35.5. The first kappa shape index (κ1) is 16.6. The van der Waals surface area contributed by atoms with E-state index in [-0.39, 0.29) is 5.54 Å². The molecule has 22 heavy (non-hydrogen) atoms. The molecule has 0 N–H and O–H groups in total. The highest BCUT2D eigenvalue weighted by Gasteiger charge is 2.31. The summed E-state index contributed by atoms with van der Waals surface area (Å²) in [4.78, 5) is 12.4. The van der Waals surface area contributed by atoms with Gasteiger partial charge in [-0.2, -0.15) is 0 Å². The van der Waals surface area contributed by atoms with E-state index in [1.165, 1.54) is 11.6 Å². The van der Waals surface area contributed by atoms with Crippen LogP contribution in [-0.4, -0.2) is 17.0 Å². The SMILES string of the molecule is CCCN1c2cc(Cl)c(/C=C/[N+](=O)[O-])cc2C(C)=CC1(C)C. The summed E-state index contributed by atoms with van der Waals surface area (Å²) in [6, 6.07) is 3.85. The van der Waals surface area contributed by atoms with Crippen molar-refractivity contribution in [2.24, 2.45) is 0 Å². The molecule has 0 aliphatic carbocycles. The summed E-state index contributed by atoms with van der Waals surface area (Å²) in [5.41, 5.74) is 3.94. The van der Waals surface area contributed by atoms with Gasteiger partial charge in [0.25, 0.3) is 0 Å². The molecule has 0 amide bonds. The Morgan fingerprint density at radius 2 is 2.09 bits per heavy atom. The molecule has 4 nitrogen and oxygen atoms in total. The minimum Gasteiger partial charge on any atom is -0.362 e. The highest BCUT2D eigenvalue weighted by Crippen LogP contribution is 2.41. The molecule has 1 aliphatic heterocycles. The number of halogens is 1. The first-order valence-electron chi connectivity index (χ1n) is 7.39. The van der Waals surface area contributed by atoms with Crippen molar-refractivity contribution in [3.8, 4) is 0 Å². The first-order valence-corrected chi connectivity index (χ1v) is 7.76. The van der Waals surface area contributed by atoms with Crippen LogP contribution in [-0.2, 0) is 0 Å². The average Bonchev–Trinajstić information content (AvgIpc) is 2.41. The largest absolute Gasteiger partial charge is 0.362 e. The van der Waals surface area contributed by atoms with Gasteiger partial charge >= 0.3 is 0 Å². The fourth-order valence-electron chi connectivity index (χ4n) is 3.02. The van der Waals surface area contributed by atoms with E-state index in [2.05, 4.69) is 38.7 Å². The van der Waals surface area contributed by atoms with Gasteiger partial charge in [-0.05, 0) is 50.5 Å². The molecular weight excluding hydrogens is 300 g/mol. The third-order valence-electron chi connectivity index (χ3n) is 3.92. The van der Waals surface area contributed by atoms with E-state index < -0.39 is 4.92 Å². The van der Waals surface area contributed by atoms with Gasteiger partial charge in [-0.25, -0.2) is 0 Å². The molecule has 0 unspecified atom stereocenters. The molecule has 1 aliphatic rings. The molecule has 0 atom stereocenters. The van der Waals surface area contributed by atoms with E-state index in [9.17, 15) is 10.1 Å². The standard InChI is InChI=1S/C17H21ClN2O2/c1-5-7-19-16-10-15(18)13(6-8-20(21)22)9-14(16)12(2)11-17(19,3)4/h6,8-11H,5,7H2,1-4H3/b8-6+. The predicted octanol–water partition coefficient (Wildman–Crippen LogP) is 5.00. The average molecular weight is 321 g/mol. The first-order chi connectivity index (χ1) is 10.3. The molecule has 1 aromatic rings. The lowest BCUT2D eigenvalue weighted by molar-refractivity contribution is -0.400. The number of rotatable bonds is 4. The molecule has 0 aromatic heterocycles. The van der Waals surface area contributed by atoms with Crippen LogP contribution in [0.2, 0.25) is 5.02 Å². The molecule has 0 radical (unpaired) electrons. The molecule has 0 saturated heterocycles. The molecule has 1 heterocycles. The van der Waals surface area contributed by atoms with Crippen molar-refractivity contribution in [3.05, 3.63) is 50.7 Å². The number of nitro groups is 1. The Balaban J connectivity index is 2.57. The Kier molecular flexibility index (Phi) is 4.61. The lowest BCUT2D eigenvalue weighted by atomic mass is 9.88. The minimum atomic E-state index is -0.481. The maximum absolute atomic E-state index is 10.5. The Labute approximate surface area is 136 Å². The van der Waals surface area contributed by atoms with Crippen molar-refractivity contribution < 1.29 is 4.92 Å². The lowest BCUT2D eigenvalue weighted by Gasteiger charge is -2.43. The molecule has 0 fully saturated rings. The van der Waals surface area contributed by atoms with Crippen LogP contribution in [0.15, 0.2) is 24.4 Å². The van der Waals surface area contributed by atoms with Crippen molar-refractivity contribution in [2.75, 3.05) is 11.4 Å². The summed E-state index contributed by atoms with van der Waals surface area (Å²) in [6.07, 6.45) is 5.64. The fraction of sp³-hybridized carbons (Fsp3) is 0.412. The number of benzene rings is 1. The van der Waals surface area contributed by atoms with Crippen LogP contribution in [0.1, 0.15) is 45.2 Å². The van der Waals surface area contributed by atoms with Crippen molar-refractivity contribution in [3.63, 3.8) is 0 Å². The Morgan fingerprint density at radius 1 is 1.41 bits per heavy atom. The van der Waals surface area contributed by atoms with Gasteiger partial charge in [-0.3, -0.25) is 10.1 Å². The smallest absolute Gasteiger partial charge is 0.235 e. The van der Waals surface area contributed by atoms with E-state index >= 15 is 0 Å². The van der Waals surface area contributed by atoms with Crippen LogP contribution in [0, 0.1) is 10.1 Å². The quantitative estimate of drug-likeness (QED) is 0.579. The Bertz CT molecular complexity index is 663. The second kappa shape index (κ2) is 6.13. The summed E-state index contributed by atoms with van der Waals surface area (Å²) in [5.74, 6) is 0. The van der Waals surface area contributed by atoms with Gasteiger partial charge in [0, 0.05) is 23.9 Å². The third kappa shape index (κ3) is 3.17. The van der Waals surface area contributed by atoms with Crippen molar-refractivity contribution in [2.45, 2.75) is 39.7 Å². The van der Waals surface area contributed by atoms with Gasteiger partial charge < -0.3 is 4.90 Å².